The molecule has 0 bridgehead atoms. The second-order valence-electron chi connectivity index (χ2n) is 4.93. The summed E-state index contributed by atoms with van der Waals surface area (Å²) in [6, 6.07) is 6.30. The number of aromatic nitrogens is 2. The van der Waals surface area contributed by atoms with E-state index >= 15 is 0 Å². The molecule has 0 spiro atoms. The molecule has 1 aromatic heterocycles. The summed E-state index contributed by atoms with van der Waals surface area (Å²) in [7, 11) is 0. The summed E-state index contributed by atoms with van der Waals surface area (Å²) < 4.78 is 10.8. The molecule has 0 saturated heterocycles. The van der Waals surface area contributed by atoms with Crippen LogP contribution in [0.1, 0.15) is 49.5 Å². The molecule has 0 aliphatic heterocycles. The van der Waals surface area contributed by atoms with Crippen LogP contribution in [0.4, 0.5) is 0 Å². The first-order chi connectivity index (χ1) is 9.10. The van der Waals surface area contributed by atoms with Crippen molar-refractivity contribution in [3.63, 3.8) is 0 Å². The largest absolute Gasteiger partial charge is 0.485 e. The molecule has 102 valence electrons. The normalized spacial score (nSPS) is 11.0. The Morgan fingerprint density at radius 1 is 1.32 bits per heavy atom. The third-order valence-corrected chi connectivity index (χ3v) is 3.05. The minimum atomic E-state index is 0.339. The molecule has 0 saturated carbocycles. The lowest BCUT2D eigenvalue weighted by atomic mass is 10.0. The molecule has 0 N–H and O–H groups in total. The van der Waals surface area contributed by atoms with E-state index in [1.807, 2.05) is 13.8 Å². The third-order valence-electron chi connectivity index (χ3n) is 3.05. The quantitative estimate of drug-likeness (QED) is 0.823. The molecular weight excluding hydrogens is 240 g/mol. The molecule has 0 atom stereocenters. The molecular formula is C15H20N2O2. The molecule has 1 heterocycles. The summed E-state index contributed by atoms with van der Waals surface area (Å²) in [6.45, 7) is 8.69. The zero-order chi connectivity index (χ0) is 13.8. The Balaban J connectivity index is 2.08. The Morgan fingerprint density at radius 2 is 2.11 bits per heavy atom. The number of nitrogens with zero attached hydrogens (tertiary/aromatic N) is 2. The van der Waals surface area contributed by atoms with Crippen LogP contribution < -0.4 is 4.74 Å². The van der Waals surface area contributed by atoms with Crippen molar-refractivity contribution in [3.05, 3.63) is 41.0 Å². The second-order valence-corrected chi connectivity index (χ2v) is 4.93. The fourth-order valence-corrected chi connectivity index (χ4v) is 1.77. The number of rotatable bonds is 5. The number of benzene rings is 1. The Bertz CT molecular complexity index is 547. The van der Waals surface area contributed by atoms with Gasteiger partial charge in [0.2, 0.25) is 11.7 Å². The fraction of sp³-hybridized carbons (Fsp3) is 0.467. The Hall–Kier alpha value is -1.84. The molecule has 19 heavy (non-hydrogen) atoms. The smallest absolute Gasteiger partial charge is 0.226 e. The Kier molecular flexibility index (Phi) is 4.20. The topological polar surface area (TPSA) is 48.2 Å². The van der Waals surface area contributed by atoms with E-state index in [9.17, 15) is 0 Å². The van der Waals surface area contributed by atoms with E-state index in [1.54, 1.807) is 0 Å². The number of hydrogen-bond acceptors (Lipinski definition) is 4. The summed E-state index contributed by atoms with van der Waals surface area (Å²) >= 11 is 0. The van der Waals surface area contributed by atoms with Gasteiger partial charge in [0, 0.05) is 6.42 Å². The lowest BCUT2D eigenvalue weighted by molar-refractivity contribution is 0.283. The van der Waals surface area contributed by atoms with Gasteiger partial charge in [0.15, 0.2) is 6.61 Å². The average molecular weight is 260 g/mol. The van der Waals surface area contributed by atoms with Crippen LogP contribution in [-0.2, 0) is 13.0 Å². The highest BCUT2D eigenvalue weighted by Gasteiger charge is 2.08. The van der Waals surface area contributed by atoms with Gasteiger partial charge in [-0.1, -0.05) is 38.1 Å². The Labute approximate surface area is 113 Å². The Morgan fingerprint density at radius 3 is 2.74 bits per heavy atom. The lowest BCUT2D eigenvalue weighted by Gasteiger charge is -2.11. The maximum Gasteiger partial charge on any atom is 0.226 e. The minimum absolute atomic E-state index is 0.339. The molecule has 0 radical (unpaired) electrons. The van der Waals surface area contributed by atoms with Crippen LogP contribution in [0.5, 0.6) is 5.75 Å². The van der Waals surface area contributed by atoms with Crippen molar-refractivity contribution in [1.82, 2.24) is 10.1 Å². The highest BCUT2D eigenvalue weighted by molar-refractivity contribution is 5.37. The van der Waals surface area contributed by atoms with Crippen molar-refractivity contribution in [2.24, 2.45) is 0 Å². The molecule has 0 fully saturated rings. The minimum Gasteiger partial charge on any atom is -0.485 e. The molecule has 0 aliphatic rings. The van der Waals surface area contributed by atoms with Gasteiger partial charge < -0.3 is 9.26 Å². The molecule has 0 unspecified atom stereocenters. The van der Waals surface area contributed by atoms with Crippen molar-refractivity contribution in [2.45, 2.75) is 46.6 Å². The van der Waals surface area contributed by atoms with E-state index in [2.05, 4.69) is 42.2 Å². The van der Waals surface area contributed by atoms with E-state index in [-0.39, 0.29) is 0 Å². The maximum absolute atomic E-state index is 5.79. The molecule has 4 heteroatoms. The fourth-order valence-electron chi connectivity index (χ4n) is 1.77. The van der Waals surface area contributed by atoms with Crippen LogP contribution in [0.15, 0.2) is 22.7 Å². The predicted molar refractivity (Wildman–Crippen MR) is 73.3 cm³/mol. The van der Waals surface area contributed by atoms with Gasteiger partial charge >= 0.3 is 0 Å². The summed E-state index contributed by atoms with van der Waals surface area (Å²) in [4.78, 5) is 4.23. The van der Waals surface area contributed by atoms with Gasteiger partial charge in [-0.2, -0.15) is 4.98 Å². The first-order valence-corrected chi connectivity index (χ1v) is 6.65. The van der Waals surface area contributed by atoms with Crippen molar-refractivity contribution in [3.8, 4) is 5.75 Å². The van der Waals surface area contributed by atoms with E-state index in [0.29, 0.717) is 24.2 Å². The molecule has 2 aromatic rings. The van der Waals surface area contributed by atoms with Gasteiger partial charge in [-0.15, -0.1) is 0 Å². The highest BCUT2D eigenvalue weighted by Crippen LogP contribution is 2.24. The number of aryl methyl sites for hydroxylation is 2. The van der Waals surface area contributed by atoms with Gasteiger partial charge in [0.05, 0.1) is 0 Å². The first kappa shape index (κ1) is 13.6. The van der Waals surface area contributed by atoms with Crippen molar-refractivity contribution in [1.29, 1.82) is 0 Å². The highest BCUT2D eigenvalue weighted by atomic mass is 16.5. The van der Waals surface area contributed by atoms with Crippen molar-refractivity contribution in [2.75, 3.05) is 0 Å². The van der Waals surface area contributed by atoms with E-state index < -0.39 is 0 Å². The van der Waals surface area contributed by atoms with Crippen LogP contribution in [0, 0.1) is 6.92 Å². The first-order valence-electron chi connectivity index (χ1n) is 6.65. The number of ether oxygens (including phenoxy) is 1. The second kappa shape index (κ2) is 5.87. The average Bonchev–Trinajstić information content (AvgIpc) is 2.85. The monoisotopic (exact) mass is 260 g/mol. The molecule has 2 rings (SSSR count). The van der Waals surface area contributed by atoms with E-state index in [0.717, 1.165) is 17.7 Å². The predicted octanol–water partition coefficient (Wildman–Crippen LogP) is 3.64. The van der Waals surface area contributed by atoms with Crippen LogP contribution in [-0.4, -0.2) is 10.1 Å². The van der Waals surface area contributed by atoms with E-state index in [4.69, 9.17) is 9.26 Å². The maximum atomic E-state index is 5.79. The van der Waals surface area contributed by atoms with Gasteiger partial charge in [-0.3, -0.25) is 0 Å². The SMILES string of the molecule is CCc1nc(COc2cc(C(C)C)ccc2C)no1. The van der Waals surface area contributed by atoms with Crippen LogP contribution in [0.3, 0.4) is 0 Å². The zero-order valence-electron chi connectivity index (χ0n) is 11.9. The zero-order valence-corrected chi connectivity index (χ0v) is 11.9. The van der Waals surface area contributed by atoms with Gasteiger partial charge in [-0.05, 0) is 30.0 Å². The third kappa shape index (κ3) is 3.34. The molecule has 1 aromatic carbocycles. The van der Waals surface area contributed by atoms with Gasteiger partial charge in [0.1, 0.15) is 5.75 Å². The molecule has 0 aliphatic carbocycles. The summed E-state index contributed by atoms with van der Waals surface area (Å²) in [5, 5.41) is 3.88. The van der Waals surface area contributed by atoms with Crippen LogP contribution in [0.2, 0.25) is 0 Å². The standard InChI is InChI=1S/C15H20N2O2/c1-5-15-16-14(17-19-15)9-18-13-8-12(10(2)3)7-6-11(13)4/h6-8,10H,5,9H2,1-4H3. The van der Waals surface area contributed by atoms with E-state index in [1.165, 1.54) is 5.56 Å². The number of hydrogen-bond donors (Lipinski definition) is 0. The van der Waals surface area contributed by atoms with Gasteiger partial charge in [0.25, 0.3) is 0 Å². The molecule has 4 nitrogen and oxygen atoms in total. The van der Waals surface area contributed by atoms with Crippen LogP contribution in [0.25, 0.3) is 0 Å². The summed E-state index contributed by atoms with van der Waals surface area (Å²) in [5.41, 5.74) is 2.38. The summed E-state index contributed by atoms with van der Waals surface area (Å²) in [6.07, 6.45) is 0.745. The van der Waals surface area contributed by atoms with Crippen molar-refractivity contribution >= 4 is 0 Å². The molecule has 0 amide bonds. The van der Waals surface area contributed by atoms with Gasteiger partial charge in [-0.25, -0.2) is 0 Å². The summed E-state index contributed by atoms with van der Waals surface area (Å²) in [5.74, 6) is 2.60. The van der Waals surface area contributed by atoms with Crippen LogP contribution >= 0.6 is 0 Å². The van der Waals surface area contributed by atoms with Crippen molar-refractivity contribution < 1.29 is 9.26 Å². The lowest BCUT2D eigenvalue weighted by Crippen LogP contribution is -2.00.